The number of halogens is 1. The molecule has 1 aliphatic carbocycles. The maximum absolute atomic E-state index is 6.56. The Labute approximate surface area is 112 Å². The van der Waals surface area contributed by atoms with E-state index in [4.69, 9.17) is 21.3 Å². The number of hydrogen-bond donors (Lipinski definition) is 0. The molecule has 0 radical (unpaired) electrons. The van der Waals surface area contributed by atoms with Crippen molar-refractivity contribution < 1.29 is 4.74 Å². The Kier molecular flexibility index (Phi) is 2.90. The highest BCUT2D eigenvalue weighted by atomic mass is 35.5. The largest absolute Gasteiger partial charge is 0.497 e. The Balaban J connectivity index is 2.35. The molecule has 0 saturated heterocycles. The van der Waals surface area contributed by atoms with Crippen LogP contribution in [0.25, 0.3) is 10.9 Å². The Morgan fingerprint density at radius 3 is 2.78 bits per heavy atom. The molecule has 0 bridgehead atoms. The minimum atomic E-state index is 0.847. The minimum absolute atomic E-state index is 0.847. The molecule has 0 atom stereocenters. The zero-order valence-corrected chi connectivity index (χ0v) is 11.5. The van der Waals surface area contributed by atoms with Crippen LogP contribution in [0.2, 0.25) is 5.02 Å². The molecule has 3 rings (SSSR count). The van der Waals surface area contributed by atoms with Crippen LogP contribution in [0.4, 0.5) is 0 Å². The molecule has 1 aromatic heterocycles. The first-order valence-electron chi connectivity index (χ1n) is 6.36. The van der Waals surface area contributed by atoms with E-state index < -0.39 is 0 Å². The van der Waals surface area contributed by atoms with Gasteiger partial charge in [-0.2, -0.15) is 0 Å². The fourth-order valence-corrected chi connectivity index (χ4v) is 3.07. The lowest BCUT2D eigenvalue weighted by Crippen LogP contribution is -2.07. The zero-order chi connectivity index (χ0) is 12.7. The summed E-state index contributed by atoms with van der Waals surface area (Å²) in [5.74, 6) is 0.847. The highest BCUT2D eigenvalue weighted by Crippen LogP contribution is 2.35. The lowest BCUT2D eigenvalue weighted by atomic mass is 9.94. The summed E-state index contributed by atoms with van der Waals surface area (Å²) in [6.45, 7) is 2.06. The first-order valence-corrected chi connectivity index (χ1v) is 6.74. The first kappa shape index (κ1) is 11.8. The van der Waals surface area contributed by atoms with Gasteiger partial charge in [-0.25, -0.2) is 0 Å². The number of ether oxygens (including phenoxy) is 1. The Morgan fingerprint density at radius 1 is 1.22 bits per heavy atom. The van der Waals surface area contributed by atoms with Crippen molar-refractivity contribution in [3.63, 3.8) is 0 Å². The molecule has 2 nitrogen and oxygen atoms in total. The Bertz CT molecular complexity index is 622. The fourth-order valence-electron chi connectivity index (χ4n) is 2.73. The van der Waals surface area contributed by atoms with Crippen LogP contribution in [0.3, 0.4) is 0 Å². The van der Waals surface area contributed by atoms with Crippen LogP contribution in [-0.4, -0.2) is 12.1 Å². The van der Waals surface area contributed by atoms with Crippen LogP contribution in [-0.2, 0) is 12.8 Å². The zero-order valence-electron chi connectivity index (χ0n) is 10.7. The molecule has 3 heteroatoms. The summed E-state index contributed by atoms with van der Waals surface area (Å²) in [6.07, 6.45) is 4.53. The lowest BCUT2D eigenvalue weighted by molar-refractivity contribution is 0.415. The Hall–Kier alpha value is -1.28. The first-order chi connectivity index (χ1) is 8.70. The van der Waals surface area contributed by atoms with Crippen LogP contribution in [0.1, 0.15) is 29.7 Å². The van der Waals surface area contributed by atoms with Gasteiger partial charge in [-0.15, -0.1) is 0 Å². The van der Waals surface area contributed by atoms with E-state index in [9.17, 15) is 0 Å². The number of rotatable bonds is 1. The smallest absolute Gasteiger partial charge is 0.119 e. The van der Waals surface area contributed by atoms with Gasteiger partial charge in [-0.05, 0) is 55.9 Å². The fraction of sp³-hybridized carbons (Fsp3) is 0.400. The van der Waals surface area contributed by atoms with Gasteiger partial charge in [0.2, 0.25) is 0 Å². The van der Waals surface area contributed by atoms with E-state index in [1.54, 1.807) is 7.11 Å². The average Bonchev–Trinajstić information content (AvgIpc) is 2.40. The second-order valence-corrected chi connectivity index (χ2v) is 5.28. The molecule has 2 aromatic rings. The van der Waals surface area contributed by atoms with E-state index in [-0.39, 0.29) is 0 Å². The summed E-state index contributed by atoms with van der Waals surface area (Å²) < 4.78 is 5.32. The standard InChI is InChI=1S/C15H16ClNO/c1-9-7-10(18-2)8-12-14(16)11-5-3-4-6-13(11)17-15(9)12/h7-8H,3-6H2,1-2H3. The molecule has 0 unspecified atom stereocenters. The molecular weight excluding hydrogens is 246 g/mol. The SMILES string of the molecule is COc1cc(C)c2nc3c(c(Cl)c2c1)CCCC3. The molecule has 0 fully saturated rings. The molecule has 1 aromatic carbocycles. The number of fused-ring (bicyclic) bond motifs is 2. The van der Waals surface area contributed by atoms with E-state index in [0.717, 1.165) is 40.1 Å². The normalized spacial score (nSPS) is 14.6. The summed E-state index contributed by atoms with van der Waals surface area (Å²) in [6, 6.07) is 4.01. The molecule has 1 heterocycles. The van der Waals surface area contributed by atoms with E-state index >= 15 is 0 Å². The van der Waals surface area contributed by atoms with Crippen molar-refractivity contribution >= 4 is 22.5 Å². The van der Waals surface area contributed by atoms with Gasteiger partial charge >= 0.3 is 0 Å². The van der Waals surface area contributed by atoms with Crippen molar-refractivity contribution in [1.29, 1.82) is 0 Å². The molecule has 0 saturated carbocycles. The van der Waals surface area contributed by atoms with Crippen molar-refractivity contribution in [2.45, 2.75) is 32.6 Å². The van der Waals surface area contributed by atoms with Gasteiger partial charge < -0.3 is 4.74 Å². The predicted octanol–water partition coefficient (Wildman–Crippen LogP) is 4.08. The van der Waals surface area contributed by atoms with Crippen LogP contribution >= 0.6 is 11.6 Å². The van der Waals surface area contributed by atoms with Gasteiger partial charge in [0.25, 0.3) is 0 Å². The lowest BCUT2D eigenvalue weighted by Gasteiger charge is -2.18. The summed E-state index contributed by atoms with van der Waals surface area (Å²) >= 11 is 6.56. The predicted molar refractivity (Wildman–Crippen MR) is 74.7 cm³/mol. The van der Waals surface area contributed by atoms with Crippen molar-refractivity contribution in [3.8, 4) is 5.75 Å². The van der Waals surface area contributed by atoms with Gasteiger partial charge in [-0.1, -0.05) is 11.6 Å². The molecule has 1 aliphatic rings. The average molecular weight is 262 g/mol. The van der Waals surface area contributed by atoms with E-state index in [0.29, 0.717) is 0 Å². The maximum Gasteiger partial charge on any atom is 0.119 e. The molecule has 0 spiro atoms. The second-order valence-electron chi connectivity index (χ2n) is 4.90. The highest BCUT2D eigenvalue weighted by molar-refractivity contribution is 6.36. The summed E-state index contributed by atoms with van der Waals surface area (Å²) in [5, 5.41) is 1.89. The van der Waals surface area contributed by atoms with Gasteiger partial charge in [0.05, 0.1) is 17.6 Å². The molecule has 0 aliphatic heterocycles. The minimum Gasteiger partial charge on any atom is -0.497 e. The van der Waals surface area contributed by atoms with Crippen LogP contribution in [0.5, 0.6) is 5.75 Å². The summed E-state index contributed by atoms with van der Waals surface area (Å²) in [7, 11) is 1.68. The molecule has 94 valence electrons. The third-order valence-electron chi connectivity index (χ3n) is 3.70. The molecule has 18 heavy (non-hydrogen) atoms. The third kappa shape index (κ3) is 1.76. The van der Waals surface area contributed by atoms with Crippen LogP contribution in [0.15, 0.2) is 12.1 Å². The molecule has 0 amide bonds. The van der Waals surface area contributed by atoms with E-state index in [2.05, 4.69) is 6.92 Å². The quantitative estimate of drug-likeness (QED) is 0.772. The summed E-state index contributed by atoms with van der Waals surface area (Å²) in [5.41, 5.74) is 4.57. The summed E-state index contributed by atoms with van der Waals surface area (Å²) in [4.78, 5) is 4.81. The third-order valence-corrected chi connectivity index (χ3v) is 4.13. The number of pyridine rings is 1. The topological polar surface area (TPSA) is 22.1 Å². The second kappa shape index (κ2) is 4.43. The van der Waals surface area contributed by atoms with Gasteiger partial charge in [-0.3, -0.25) is 4.98 Å². The number of benzene rings is 1. The number of nitrogens with zero attached hydrogens (tertiary/aromatic N) is 1. The van der Waals surface area contributed by atoms with Crippen molar-refractivity contribution in [2.75, 3.05) is 7.11 Å². The number of hydrogen-bond acceptors (Lipinski definition) is 2. The number of methoxy groups -OCH3 is 1. The number of aromatic nitrogens is 1. The molecular formula is C15H16ClNO. The Morgan fingerprint density at radius 2 is 2.00 bits per heavy atom. The molecule has 0 N–H and O–H groups in total. The van der Waals surface area contributed by atoms with E-state index in [1.165, 1.54) is 24.1 Å². The van der Waals surface area contributed by atoms with Gasteiger partial charge in [0, 0.05) is 11.1 Å². The van der Waals surface area contributed by atoms with Crippen molar-refractivity contribution in [3.05, 3.63) is 34.0 Å². The van der Waals surface area contributed by atoms with Gasteiger partial charge in [0.1, 0.15) is 5.75 Å². The van der Waals surface area contributed by atoms with Crippen LogP contribution in [0, 0.1) is 6.92 Å². The van der Waals surface area contributed by atoms with Crippen molar-refractivity contribution in [2.24, 2.45) is 0 Å². The van der Waals surface area contributed by atoms with Crippen molar-refractivity contribution in [1.82, 2.24) is 4.98 Å². The number of aryl methyl sites for hydroxylation is 2. The monoisotopic (exact) mass is 261 g/mol. The van der Waals surface area contributed by atoms with Crippen LogP contribution < -0.4 is 4.74 Å². The maximum atomic E-state index is 6.56. The highest BCUT2D eigenvalue weighted by Gasteiger charge is 2.18. The van der Waals surface area contributed by atoms with Gasteiger partial charge in [0.15, 0.2) is 0 Å². The van der Waals surface area contributed by atoms with E-state index in [1.807, 2.05) is 12.1 Å².